The first-order valence-corrected chi connectivity index (χ1v) is 10.1. The van der Waals surface area contributed by atoms with Crippen LogP contribution in [0, 0.1) is 0 Å². The van der Waals surface area contributed by atoms with Crippen molar-refractivity contribution in [2.24, 2.45) is 0 Å². The van der Waals surface area contributed by atoms with Crippen LogP contribution in [0.4, 0.5) is 5.95 Å². The van der Waals surface area contributed by atoms with Gasteiger partial charge in [-0.05, 0) is 26.2 Å². The van der Waals surface area contributed by atoms with Crippen molar-refractivity contribution in [1.82, 2.24) is 19.6 Å². The summed E-state index contributed by atoms with van der Waals surface area (Å²) in [6, 6.07) is -0.0403. The number of piperidine rings is 1. The van der Waals surface area contributed by atoms with Gasteiger partial charge in [0.05, 0.1) is 11.8 Å². The molecule has 2 heterocycles. The molecule has 1 amide bonds. The van der Waals surface area contributed by atoms with Crippen molar-refractivity contribution in [2.75, 3.05) is 31.2 Å². The summed E-state index contributed by atoms with van der Waals surface area (Å²) < 4.78 is 25.2. The van der Waals surface area contributed by atoms with E-state index >= 15 is 0 Å². The van der Waals surface area contributed by atoms with E-state index in [4.69, 9.17) is 0 Å². The zero-order valence-corrected chi connectivity index (χ0v) is 15.0. The standard InChI is InChI=1S/C15H25N5O3S/c1-3-16-15-18-10-12(11-19-15)14(21)17-8-7-13-6-4-5-9-20(13)24(2,22)23/h10-11,13H,3-9H2,1-2H3,(H,17,21)(H,16,18,19)/t13-/m1/s1. The van der Waals surface area contributed by atoms with Gasteiger partial charge in [-0.25, -0.2) is 18.4 Å². The van der Waals surface area contributed by atoms with E-state index in [1.165, 1.54) is 18.6 Å². The lowest BCUT2D eigenvalue weighted by molar-refractivity contribution is 0.0949. The Balaban J connectivity index is 1.85. The molecule has 1 aliphatic heterocycles. The Labute approximate surface area is 143 Å². The fraction of sp³-hybridized carbons (Fsp3) is 0.667. The quantitative estimate of drug-likeness (QED) is 0.751. The van der Waals surface area contributed by atoms with Crippen LogP contribution in [-0.2, 0) is 10.0 Å². The number of hydrogen-bond acceptors (Lipinski definition) is 6. The van der Waals surface area contributed by atoms with Gasteiger partial charge in [0.15, 0.2) is 0 Å². The van der Waals surface area contributed by atoms with Crippen molar-refractivity contribution in [3.8, 4) is 0 Å². The molecule has 8 nitrogen and oxygen atoms in total. The van der Waals surface area contributed by atoms with Crippen LogP contribution in [0.1, 0.15) is 43.0 Å². The summed E-state index contributed by atoms with van der Waals surface area (Å²) in [7, 11) is -3.19. The average Bonchev–Trinajstić information content (AvgIpc) is 2.55. The summed E-state index contributed by atoms with van der Waals surface area (Å²) in [6.45, 7) is 3.64. The first-order valence-electron chi connectivity index (χ1n) is 8.22. The van der Waals surface area contributed by atoms with E-state index in [9.17, 15) is 13.2 Å². The number of anilines is 1. The molecule has 1 atom stereocenters. The predicted octanol–water partition coefficient (Wildman–Crippen LogP) is 0.842. The molecule has 1 saturated heterocycles. The molecule has 0 saturated carbocycles. The SMILES string of the molecule is CCNc1ncc(C(=O)NCC[C@H]2CCCCN2S(C)(=O)=O)cn1. The summed E-state index contributed by atoms with van der Waals surface area (Å²) in [4.78, 5) is 20.2. The smallest absolute Gasteiger partial charge is 0.254 e. The van der Waals surface area contributed by atoms with Crippen LogP contribution < -0.4 is 10.6 Å². The number of nitrogens with one attached hydrogen (secondary N) is 2. The zero-order valence-electron chi connectivity index (χ0n) is 14.2. The lowest BCUT2D eigenvalue weighted by atomic mass is 10.0. The van der Waals surface area contributed by atoms with Crippen LogP contribution in [0.3, 0.4) is 0 Å². The number of rotatable bonds is 7. The molecular formula is C15H25N5O3S. The summed E-state index contributed by atoms with van der Waals surface area (Å²) >= 11 is 0. The van der Waals surface area contributed by atoms with Crippen LogP contribution in [0.2, 0.25) is 0 Å². The number of sulfonamides is 1. The zero-order chi connectivity index (χ0) is 17.6. The molecule has 134 valence electrons. The van der Waals surface area contributed by atoms with E-state index in [1.807, 2.05) is 6.92 Å². The summed E-state index contributed by atoms with van der Waals surface area (Å²) in [5.74, 6) is 0.236. The van der Waals surface area contributed by atoms with Crippen molar-refractivity contribution in [1.29, 1.82) is 0 Å². The third-order valence-electron chi connectivity index (χ3n) is 4.01. The predicted molar refractivity (Wildman–Crippen MR) is 92.3 cm³/mol. The van der Waals surface area contributed by atoms with Gasteiger partial charge in [0, 0.05) is 38.1 Å². The maximum atomic E-state index is 12.1. The Kier molecular flexibility index (Phi) is 6.50. The Morgan fingerprint density at radius 3 is 2.67 bits per heavy atom. The molecule has 1 aromatic heterocycles. The molecule has 0 aliphatic carbocycles. The largest absolute Gasteiger partial charge is 0.355 e. The fourth-order valence-corrected chi connectivity index (χ4v) is 4.06. The van der Waals surface area contributed by atoms with Crippen molar-refractivity contribution >= 4 is 21.9 Å². The van der Waals surface area contributed by atoms with Gasteiger partial charge < -0.3 is 10.6 Å². The second-order valence-electron chi connectivity index (χ2n) is 5.89. The lowest BCUT2D eigenvalue weighted by Gasteiger charge is -2.33. The highest BCUT2D eigenvalue weighted by Gasteiger charge is 2.28. The van der Waals surface area contributed by atoms with Crippen molar-refractivity contribution < 1.29 is 13.2 Å². The molecule has 0 spiro atoms. The maximum Gasteiger partial charge on any atom is 0.254 e. The van der Waals surface area contributed by atoms with E-state index in [0.717, 1.165) is 19.3 Å². The second kappa shape index (κ2) is 8.39. The minimum absolute atomic E-state index is 0.0403. The van der Waals surface area contributed by atoms with Gasteiger partial charge in [0.25, 0.3) is 5.91 Å². The van der Waals surface area contributed by atoms with E-state index in [-0.39, 0.29) is 11.9 Å². The monoisotopic (exact) mass is 355 g/mol. The Hall–Kier alpha value is -1.74. The third kappa shape index (κ3) is 5.13. The van der Waals surface area contributed by atoms with Gasteiger partial charge in [0.1, 0.15) is 0 Å². The van der Waals surface area contributed by atoms with Crippen LogP contribution in [0.25, 0.3) is 0 Å². The molecule has 0 aromatic carbocycles. The van der Waals surface area contributed by atoms with Gasteiger partial charge in [-0.1, -0.05) is 6.42 Å². The van der Waals surface area contributed by atoms with E-state index in [1.54, 1.807) is 4.31 Å². The Morgan fingerprint density at radius 2 is 2.04 bits per heavy atom. The molecule has 2 rings (SSSR count). The fourth-order valence-electron chi connectivity index (χ4n) is 2.85. The number of hydrogen-bond donors (Lipinski definition) is 2. The lowest BCUT2D eigenvalue weighted by Crippen LogP contribution is -2.44. The van der Waals surface area contributed by atoms with Crippen molar-refractivity contribution in [3.05, 3.63) is 18.0 Å². The van der Waals surface area contributed by atoms with Gasteiger partial charge in [-0.15, -0.1) is 0 Å². The first-order chi connectivity index (χ1) is 11.4. The summed E-state index contributed by atoms with van der Waals surface area (Å²) in [5.41, 5.74) is 0.389. The highest BCUT2D eigenvalue weighted by molar-refractivity contribution is 7.88. The molecule has 1 aliphatic rings. The average molecular weight is 355 g/mol. The third-order valence-corrected chi connectivity index (χ3v) is 5.34. The van der Waals surface area contributed by atoms with Crippen LogP contribution in [0.5, 0.6) is 0 Å². The van der Waals surface area contributed by atoms with E-state index in [0.29, 0.717) is 37.6 Å². The van der Waals surface area contributed by atoms with Crippen molar-refractivity contribution in [3.63, 3.8) is 0 Å². The summed E-state index contributed by atoms with van der Waals surface area (Å²) in [5, 5.41) is 5.77. The van der Waals surface area contributed by atoms with Crippen molar-refractivity contribution in [2.45, 2.75) is 38.6 Å². The van der Waals surface area contributed by atoms with Gasteiger partial charge >= 0.3 is 0 Å². The topological polar surface area (TPSA) is 104 Å². The second-order valence-corrected chi connectivity index (χ2v) is 7.83. The molecule has 24 heavy (non-hydrogen) atoms. The number of carbonyl (C=O) groups excluding carboxylic acids is 1. The van der Waals surface area contributed by atoms with Gasteiger partial charge in [-0.2, -0.15) is 4.31 Å². The molecule has 2 N–H and O–H groups in total. The highest BCUT2D eigenvalue weighted by Crippen LogP contribution is 2.21. The molecule has 0 radical (unpaired) electrons. The minimum Gasteiger partial charge on any atom is -0.355 e. The maximum absolute atomic E-state index is 12.1. The molecule has 0 bridgehead atoms. The molecule has 1 fully saturated rings. The first kappa shape index (κ1) is 18.6. The van der Waals surface area contributed by atoms with Gasteiger partial charge in [0.2, 0.25) is 16.0 Å². The molecular weight excluding hydrogens is 330 g/mol. The van der Waals surface area contributed by atoms with Crippen LogP contribution in [0.15, 0.2) is 12.4 Å². The van der Waals surface area contributed by atoms with Gasteiger partial charge in [-0.3, -0.25) is 4.79 Å². The van der Waals surface area contributed by atoms with Crippen LogP contribution in [-0.4, -0.2) is 60.5 Å². The minimum atomic E-state index is -3.19. The molecule has 1 aromatic rings. The normalized spacial score (nSPS) is 19.0. The summed E-state index contributed by atoms with van der Waals surface area (Å²) in [6.07, 6.45) is 7.55. The Bertz CT molecular complexity index is 648. The van der Waals surface area contributed by atoms with E-state index < -0.39 is 10.0 Å². The number of nitrogens with zero attached hydrogens (tertiary/aromatic N) is 3. The van der Waals surface area contributed by atoms with E-state index in [2.05, 4.69) is 20.6 Å². The number of aromatic nitrogens is 2. The Morgan fingerprint density at radius 1 is 1.33 bits per heavy atom. The van der Waals surface area contributed by atoms with Crippen LogP contribution >= 0.6 is 0 Å². The molecule has 9 heteroatoms. The number of amides is 1. The molecule has 0 unspecified atom stereocenters. The number of carbonyl (C=O) groups is 1. The highest BCUT2D eigenvalue weighted by atomic mass is 32.2.